The molecule has 0 aromatic heterocycles. The first-order valence-electron chi connectivity index (χ1n) is 5.26. The fraction of sp³-hybridized carbons (Fsp3) is 0.455. The minimum Gasteiger partial charge on any atom is -0.377 e. The molecule has 1 aliphatic rings. The fourth-order valence-corrected chi connectivity index (χ4v) is 2.38. The molecule has 0 bridgehead atoms. The van der Waals surface area contributed by atoms with Gasteiger partial charge in [-0.3, -0.25) is 10.1 Å². The Morgan fingerprint density at radius 3 is 2.75 bits per heavy atom. The van der Waals surface area contributed by atoms with Crippen molar-refractivity contribution >= 4 is 27.3 Å². The molecule has 0 radical (unpaired) electrons. The predicted molar refractivity (Wildman–Crippen MR) is 66.6 cm³/mol. The summed E-state index contributed by atoms with van der Waals surface area (Å²) >= 11 is 3.32. The molecule has 1 aromatic rings. The largest absolute Gasteiger partial charge is 0.377 e. The van der Waals surface area contributed by atoms with Gasteiger partial charge in [0.1, 0.15) is 5.69 Å². The summed E-state index contributed by atoms with van der Waals surface area (Å²) in [7, 11) is 0. The summed E-state index contributed by atoms with van der Waals surface area (Å²) in [5, 5.41) is 14.1. The van der Waals surface area contributed by atoms with Gasteiger partial charge < -0.3 is 5.32 Å². The Labute approximate surface area is 102 Å². The van der Waals surface area contributed by atoms with E-state index in [1.54, 1.807) is 12.1 Å². The summed E-state index contributed by atoms with van der Waals surface area (Å²) in [6, 6.07) is 5.35. The van der Waals surface area contributed by atoms with Crippen molar-refractivity contribution in [2.24, 2.45) is 5.92 Å². The van der Waals surface area contributed by atoms with Crippen LogP contribution in [0.3, 0.4) is 0 Å². The first-order chi connectivity index (χ1) is 7.56. The van der Waals surface area contributed by atoms with Crippen LogP contribution in [0.25, 0.3) is 0 Å². The molecule has 0 saturated heterocycles. The van der Waals surface area contributed by atoms with Crippen molar-refractivity contribution < 1.29 is 4.92 Å². The highest BCUT2D eigenvalue weighted by atomic mass is 79.9. The van der Waals surface area contributed by atoms with E-state index in [1.165, 1.54) is 6.07 Å². The van der Waals surface area contributed by atoms with Gasteiger partial charge in [0.2, 0.25) is 0 Å². The van der Waals surface area contributed by atoms with E-state index >= 15 is 0 Å². The second-order valence-corrected chi connectivity index (χ2v) is 5.25. The monoisotopic (exact) mass is 284 g/mol. The van der Waals surface area contributed by atoms with Crippen LogP contribution in [0, 0.1) is 16.0 Å². The molecule has 1 aromatic carbocycles. The standard InChI is InChI=1S/C11H13BrN2O2/c1-7-4-9(5-7)13-10-6-8(12)2-3-11(10)14(15)16/h2-3,6-7,9,13H,4-5H2,1H3. The molecule has 0 atom stereocenters. The molecular formula is C11H13BrN2O2. The molecule has 0 unspecified atom stereocenters. The lowest BCUT2D eigenvalue weighted by molar-refractivity contribution is -0.384. The maximum atomic E-state index is 10.8. The topological polar surface area (TPSA) is 55.2 Å². The van der Waals surface area contributed by atoms with Crippen LogP contribution in [0.4, 0.5) is 11.4 Å². The Morgan fingerprint density at radius 2 is 2.19 bits per heavy atom. The zero-order valence-electron chi connectivity index (χ0n) is 8.94. The summed E-state index contributed by atoms with van der Waals surface area (Å²) in [6.45, 7) is 2.19. The van der Waals surface area contributed by atoms with E-state index in [9.17, 15) is 10.1 Å². The number of benzene rings is 1. The maximum Gasteiger partial charge on any atom is 0.292 e. The SMILES string of the molecule is CC1CC(Nc2cc(Br)ccc2[N+](=O)[O-])C1. The van der Waals surface area contributed by atoms with Gasteiger partial charge >= 0.3 is 0 Å². The van der Waals surface area contributed by atoms with Crippen molar-refractivity contribution in [1.29, 1.82) is 0 Å². The quantitative estimate of drug-likeness (QED) is 0.682. The van der Waals surface area contributed by atoms with Crippen molar-refractivity contribution in [3.8, 4) is 0 Å². The van der Waals surface area contributed by atoms with E-state index in [4.69, 9.17) is 0 Å². The van der Waals surface area contributed by atoms with Crippen molar-refractivity contribution in [1.82, 2.24) is 0 Å². The average molecular weight is 285 g/mol. The molecule has 0 heterocycles. The molecule has 4 nitrogen and oxygen atoms in total. The van der Waals surface area contributed by atoms with Gasteiger partial charge in [0, 0.05) is 16.6 Å². The Hall–Kier alpha value is -1.10. The van der Waals surface area contributed by atoms with Crippen LogP contribution in [0.2, 0.25) is 0 Å². The average Bonchev–Trinajstić information content (AvgIpc) is 2.15. The van der Waals surface area contributed by atoms with E-state index in [1.807, 2.05) is 0 Å². The molecule has 1 N–H and O–H groups in total. The molecule has 1 saturated carbocycles. The van der Waals surface area contributed by atoms with Crippen molar-refractivity contribution in [2.75, 3.05) is 5.32 Å². The summed E-state index contributed by atoms with van der Waals surface area (Å²) in [5.74, 6) is 0.726. The van der Waals surface area contributed by atoms with Crippen LogP contribution >= 0.6 is 15.9 Å². The Kier molecular flexibility index (Phi) is 3.14. The first kappa shape index (κ1) is 11.4. The van der Waals surface area contributed by atoms with Crippen molar-refractivity contribution in [2.45, 2.75) is 25.8 Å². The van der Waals surface area contributed by atoms with Crippen molar-refractivity contribution in [3.05, 3.63) is 32.8 Å². The zero-order chi connectivity index (χ0) is 11.7. The van der Waals surface area contributed by atoms with Gasteiger partial charge in [0.15, 0.2) is 0 Å². The van der Waals surface area contributed by atoms with Gasteiger partial charge in [-0.1, -0.05) is 22.9 Å². The molecule has 86 valence electrons. The van der Waals surface area contributed by atoms with Gasteiger partial charge in [-0.05, 0) is 30.9 Å². The van der Waals surface area contributed by atoms with Crippen LogP contribution in [0.15, 0.2) is 22.7 Å². The van der Waals surface area contributed by atoms with Crippen LogP contribution in [-0.2, 0) is 0 Å². The first-order valence-corrected chi connectivity index (χ1v) is 6.06. The van der Waals surface area contributed by atoms with Gasteiger partial charge in [-0.15, -0.1) is 0 Å². The number of hydrogen-bond donors (Lipinski definition) is 1. The summed E-state index contributed by atoms with van der Waals surface area (Å²) in [5.41, 5.74) is 0.749. The van der Waals surface area contributed by atoms with Crippen LogP contribution in [-0.4, -0.2) is 11.0 Å². The van der Waals surface area contributed by atoms with E-state index in [0.717, 1.165) is 23.2 Å². The summed E-state index contributed by atoms with van der Waals surface area (Å²) < 4.78 is 0.855. The molecular weight excluding hydrogens is 272 g/mol. The molecule has 5 heteroatoms. The summed E-state index contributed by atoms with van der Waals surface area (Å²) in [6.07, 6.45) is 2.17. The lowest BCUT2D eigenvalue weighted by Gasteiger charge is -2.33. The highest BCUT2D eigenvalue weighted by Gasteiger charge is 2.27. The molecule has 0 spiro atoms. The molecule has 2 rings (SSSR count). The van der Waals surface area contributed by atoms with Crippen molar-refractivity contribution in [3.63, 3.8) is 0 Å². The molecule has 0 aliphatic heterocycles. The normalized spacial score (nSPS) is 23.6. The van der Waals surface area contributed by atoms with Gasteiger partial charge in [0.05, 0.1) is 4.92 Å². The second kappa shape index (κ2) is 4.41. The lowest BCUT2D eigenvalue weighted by Crippen LogP contribution is -2.33. The number of nitro benzene ring substituents is 1. The molecule has 1 aliphatic carbocycles. The van der Waals surface area contributed by atoms with Crippen LogP contribution in [0.5, 0.6) is 0 Å². The third-order valence-corrected chi connectivity index (χ3v) is 3.38. The number of hydrogen-bond acceptors (Lipinski definition) is 3. The van der Waals surface area contributed by atoms with E-state index in [0.29, 0.717) is 11.7 Å². The highest BCUT2D eigenvalue weighted by molar-refractivity contribution is 9.10. The Balaban J connectivity index is 2.17. The number of nitro groups is 1. The van der Waals surface area contributed by atoms with Gasteiger partial charge in [-0.25, -0.2) is 0 Å². The molecule has 0 amide bonds. The number of nitrogens with one attached hydrogen (secondary N) is 1. The highest BCUT2D eigenvalue weighted by Crippen LogP contribution is 2.34. The summed E-state index contributed by atoms with van der Waals surface area (Å²) in [4.78, 5) is 10.5. The lowest BCUT2D eigenvalue weighted by atomic mass is 9.82. The zero-order valence-corrected chi connectivity index (χ0v) is 10.5. The Bertz CT molecular complexity index is 416. The fourth-order valence-electron chi connectivity index (χ4n) is 2.02. The van der Waals surface area contributed by atoms with Gasteiger partial charge in [-0.2, -0.15) is 0 Å². The maximum absolute atomic E-state index is 10.8. The van der Waals surface area contributed by atoms with E-state index in [-0.39, 0.29) is 10.6 Å². The Morgan fingerprint density at radius 1 is 1.50 bits per heavy atom. The van der Waals surface area contributed by atoms with Crippen LogP contribution < -0.4 is 5.32 Å². The minimum absolute atomic E-state index is 0.141. The van der Waals surface area contributed by atoms with E-state index in [2.05, 4.69) is 28.2 Å². The third kappa shape index (κ3) is 2.35. The molecule has 1 fully saturated rings. The van der Waals surface area contributed by atoms with Crippen LogP contribution in [0.1, 0.15) is 19.8 Å². The third-order valence-electron chi connectivity index (χ3n) is 2.89. The number of anilines is 1. The smallest absolute Gasteiger partial charge is 0.292 e. The predicted octanol–water partition coefficient (Wildman–Crippen LogP) is 3.57. The number of halogens is 1. The van der Waals surface area contributed by atoms with Gasteiger partial charge in [0.25, 0.3) is 5.69 Å². The molecule has 16 heavy (non-hydrogen) atoms. The minimum atomic E-state index is -0.350. The number of rotatable bonds is 3. The van der Waals surface area contributed by atoms with E-state index < -0.39 is 0 Å². The number of nitrogens with zero attached hydrogens (tertiary/aromatic N) is 1. The second-order valence-electron chi connectivity index (χ2n) is 4.34.